The lowest BCUT2D eigenvalue weighted by Gasteiger charge is -2.29. The Morgan fingerprint density at radius 3 is 1.74 bits per heavy atom. The van der Waals surface area contributed by atoms with Gasteiger partial charge in [0.05, 0.1) is 24.8 Å². The van der Waals surface area contributed by atoms with E-state index >= 15 is 0 Å². The van der Waals surface area contributed by atoms with Gasteiger partial charge in [0.15, 0.2) is 0 Å². The minimum Gasteiger partial charge on any atom is -0.497 e. The maximum atomic E-state index is 13.9. The van der Waals surface area contributed by atoms with Gasteiger partial charge >= 0.3 is 0 Å². The van der Waals surface area contributed by atoms with E-state index in [1.165, 1.54) is 26.4 Å². The quantitative estimate of drug-likeness (QED) is 0.269. The summed E-state index contributed by atoms with van der Waals surface area (Å²) in [6, 6.07) is 32.1. The number of ether oxygens (including phenoxy) is 2. The summed E-state index contributed by atoms with van der Waals surface area (Å²) >= 11 is 0. The molecule has 4 aromatic rings. The summed E-state index contributed by atoms with van der Waals surface area (Å²) in [6.45, 7) is 0.252. The molecule has 0 N–H and O–H groups in total. The van der Waals surface area contributed by atoms with Crippen LogP contribution in [-0.4, -0.2) is 40.0 Å². The summed E-state index contributed by atoms with van der Waals surface area (Å²) in [4.78, 5) is 15.6. The van der Waals surface area contributed by atoms with Gasteiger partial charge in [0.25, 0.3) is 10.0 Å². The van der Waals surface area contributed by atoms with E-state index in [0.29, 0.717) is 24.6 Å². The number of hydrogen-bond donors (Lipinski definition) is 0. The topological polar surface area (TPSA) is 76.2 Å². The zero-order chi connectivity index (χ0) is 27.0. The molecule has 0 radical (unpaired) electrons. The molecule has 196 valence electrons. The van der Waals surface area contributed by atoms with Crippen LogP contribution in [0.15, 0.2) is 114 Å². The van der Waals surface area contributed by atoms with E-state index in [1.54, 1.807) is 41.3 Å². The second kappa shape index (κ2) is 12.3. The standard InChI is InChI=1S/C30H30N2O5S/c1-36-26-17-19-27(20-18-26)38(34,35)32(28-15-9-10-16-29(28)37-2)23-30(33)31(21-24-11-5-3-6-12-24)22-25-13-7-4-8-14-25/h3-20H,21-23H2,1-2H3. The fourth-order valence-corrected chi connectivity index (χ4v) is 5.50. The molecule has 0 fully saturated rings. The smallest absolute Gasteiger partial charge is 0.264 e. The predicted molar refractivity (Wildman–Crippen MR) is 148 cm³/mol. The van der Waals surface area contributed by atoms with E-state index in [4.69, 9.17) is 9.47 Å². The number of carbonyl (C=O) groups is 1. The van der Waals surface area contributed by atoms with Crippen LogP contribution in [0.4, 0.5) is 5.69 Å². The van der Waals surface area contributed by atoms with Gasteiger partial charge in [-0.3, -0.25) is 9.10 Å². The van der Waals surface area contributed by atoms with Gasteiger partial charge in [0, 0.05) is 13.1 Å². The lowest BCUT2D eigenvalue weighted by Crippen LogP contribution is -2.42. The van der Waals surface area contributed by atoms with E-state index < -0.39 is 16.6 Å². The second-order valence-electron chi connectivity index (χ2n) is 8.58. The van der Waals surface area contributed by atoms with E-state index in [9.17, 15) is 13.2 Å². The van der Waals surface area contributed by atoms with Gasteiger partial charge in [0.2, 0.25) is 5.91 Å². The van der Waals surface area contributed by atoms with Crippen LogP contribution in [0.25, 0.3) is 0 Å². The summed E-state index contributed by atoms with van der Waals surface area (Å²) in [5.41, 5.74) is 2.16. The van der Waals surface area contributed by atoms with Crippen LogP contribution in [0.2, 0.25) is 0 Å². The van der Waals surface area contributed by atoms with Crippen LogP contribution in [0.5, 0.6) is 11.5 Å². The van der Waals surface area contributed by atoms with Gasteiger partial charge in [-0.2, -0.15) is 0 Å². The van der Waals surface area contributed by atoms with Gasteiger partial charge in [-0.15, -0.1) is 0 Å². The number of carbonyl (C=O) groups excluding carboxylic acids is 1. The number of methoxy groups -OCH3 is 2. The number of nitrogens with zero attached hydrogens (tertiary/aromatic N) is 2. The summed E-state index contributed by atoms with van der Waals surface area (Å²) in [5.74, 6) is 0.525. The van der Waals surface area contributed by atoms with Crippen LogP contribution < -0.4 is 13.8 Å². The van der Waals surface area contributed by atoms with Gasteiger partial charge in [-0.25, -0.2) is 8.42 Å². The maximum absolute atomic E-state index is 13.9. The number of para-hydroxylation sites is 2. The Balaban J connectivity index is 1.72. The van der Waals surface area contributed by atoms with Gasteiger partial charge in [-0.05, 0) is 47.5 Å². The van der Waals surface area contributed by atoms with Crippen LogP contribution in [0.3, 0.4) is 0 Å². The molecule has 38 heavy (non-hydrogen) atoms. The number of rotatable bonds is 11. The minimum absolute atomic E-state index is 0.0367. The van der Waals surface area contributed by atoms with Crippen molar-refractivity contribution in [1.82, 2.24) is 4.90 Å². The average molecular weight is 531 g/mol. The fraction of sp³-hybridized carbons (Fsp3) is 0.167. The Morgan fingerprint density at radius 1 is 0.684 bits per heavy atom. The molecule has 0 bridgehead atoms. The van der Waals surface area contributed by atoms with Crippen molar-refractivity contribution in [2.24, 2.45) is 0 Å². The first kappa shape index (κ1) is 26.8. The molecule has 4 aromatic carbocycles. The molecular weight excluding hydrogens is 500 g/mol. The molecule has 8 heteroatoms. The zero-order valence-electron chi connectivity index (χ0n) is 21.4. The van der Waals surface area contributed by atoms with Gasteiger partial charge in [0.1, 0.15) is 18.0 Å². The highest BCUT2D eigenvalue weighted by molar-refractivity contribution is 7.92. The third kappa shape index (κ3) is 6.33. The predicted octanol–water partition coefficient (Wildman–Crippen LogP) is 5.13. The first-order chi connectivity index (χ1) is 18.4. The van der Waals surface area contributed by atoms with Gasteiger partial charge in [-0.1, -0.05) is 72.8 Å². The Hall–Kier alpha value is -4.30. The molecule has 0 aromatic heterocycles. The molecule has 1 amide bonds. The lowest BCUT2D eigenvalue weighted by atomic mass is 10.1. The van der Waals surface area contributed by atoms with Crippen molar-refractivity contribution >= 4 is 21.6 Å². The zero-order valence-corrected chi connectivity index (χ0v) is 22.2. The Morgan fingerprint density at radius 2 is 1.21 bits per heavy atom. The SMILES string of the molecule is COc1ccc(S(=O)(=O)N(CC(=O)N(Cc2ccccc2)Cc2ccccc2)c2ccccc2OC)cc1. The molecule has 0 spiro atoms. The highest BCUT2D eigenvalue weighted by atomic mass is 32.2. The highest BCUT2D eigenvalue weighted by Gasteiger charge is 2.31. The molecule has 0 saturated heterocycles. The minimum atomic E-state index is -4.14. The molecule has 0 aliphatic carbocycles. The number of sulfonamides is 1. The van der Waals surface area contributed by atoms with E-state index in [0.717, 1.165) is 15.4 Å². The van der Waals surface area contributed by atoms with Crippen molar-refractivity contribution in [3.8, 4) is 11.5 Å². The Labute approximate surface area is 223 Å². The molecule has 4 rings (SSSR count). The first-order valence-corrected chi connectivity index (χ1v) is 13.5. The van der Waals surface area contributed by atoms with Crippen molar-refractivity contribution < 1.29 is 22.7 Å². The number of amides is 1. The van der Waals surface area contributed by atoms with Gasteiger partial charge < -0.3 is 14.4 Å². The van der Waals surface area contributed by atoms with Crippen molar-refractivity contribution in [2.45, 2.75) is 18.0 Å². The molecule has 0 saturated carbocycles. The van der Waals surface area contributed by atoms with Crippen molar-refractivity contribution in [1.29, 1.82) is 0 Å². The third-order valence-corrected chi connectivity index (χ3v) is 7.84. The summed E-state index contributed by atoms with van der Waals surface area (Å²) in [6.07, 6.45) is 0. The molecule has 0 unspecified atom stereocenters. The summed E-state index contributed by atoms with van der Waals surface area (Å²) in [7, 11) is -1.16. The Bertz CT molecular complexity index is 1400. The van der Waals surface area contributed by atoms with Crippen LogP contribution in [0.1, 0.15) is 11.1 Å². The van der Waals surface area contributed by atoms with Crippen molar-refractivity contribution in [3.05, 3.63) is 120 Å². The van der Waals surface area contributed by atoms with E-state index in [-0.39, 0.29) is 16.5 Å². The maximum Gasteiger partial charge on any atom is 0.264 e. The van der Waals surface area contributed by atoms with E-state index in [1.807, 2.05) is 60.7 Å². The van der Waals surface area contributed by atoms with Crippen LogP contribution in [-0.2, 0) is 27.9 Å². The molecule has 7 nitrogen and oxygen atoms in total. The van der Waals surface area contributed by atoms with Crippen molar-refractivity contribution in [2.75, 3.05) is 25.1 Å². The molecule has 0 heterocycles. The van der Waals surface area contributed by atoms with Crippen LogP contribution in [0, 0.1) is 0 Å². The normalized spacial score (nSPS) is 11.0. The molecule has 0 aliphatic heterocycles. The van der Waals surface area contributed by atoms with E-state index in [2.05, 4.69) is 0 Å². The fourth-order valence-electron chi connectivity index (χ4n) is 4.07. The number of hydrogen-bond acceptors (Lipinski definition) is 5. The largest absolute Gasteiger partial charge is 0.497 e. The van der Waals surface area contributed by atoms with Crippen LogP contribution >= 0.6 is 0 Å². The van der Waals surface area contributed by atoms with Crippen molar-refractivity contribution in [3.63, 3.8) is 0 Å². The highest BCUT2D eigenvalue weighted by Crippen LogP contribution is 2.33. The molecule has 0 aliphatic rings. The Kier molecular flexibility index (Phi) is 8.66. The average Bonchev–Trinajstić information content (AvgIpc) is 2.96. The second-order valence-corrected chi connectivity index (χ2v) is 10.4. The molecular formula is C30H30N2O5S. The molecule has 0 atom stereocenters. The lowest BCUT2D eigenvalue weighted by molar-refractivity contribution is -0.130. The summed E-state index contributed by atoms with van der Waals surface area (Å²) in [5, 5.41) is 0. The monoisotopic (exact) mass is 530 g/mol. The number of anilines is 1. The summed E-state index contributed by atoms with van der Waals surface area (Å²) < 4.78 is 39.6. The first-order valence-electron chi connectivity index (χ1n) is 12.1. The number of benzene rings is 4. The third-order valence-electron chi connectivity index (χ3n) is 6.07.